The molecular weight excluding hydrogens is 318 g/mol. The van der Waals surface area contributed by atoms with E-state index in [1.165, 1.54) is 0 Å². The van der Waals surface area contributed by atoms with Crippen LogP contribution in [0.3, 0.4) is 0 Å². The SMILES string of the molecule is O[C@@H](COc1cccnc1Cl)c1cccc(Br)c1. The average Bonchev–Trinajstić information content (AvgIpc) is 2.37. The van der Waals surface area contributed by atoms with Crippen LogP contribution in [0.4, 0.5) is 0 Å². The third-order valence-corrected chi connectivity index (χ3v) is 3.13. The average molecular weight is 329 g/mol. The van der Waals surface area contributed by atoms with Crippen molar-refractivity contribution in [1.29, 1.82) is 0 Å². The van der Waals surface area contributed by atoms with Crippen LogP contribution in [-0.2, 0) is 0 Å². The van der Waals surface area contributed by atoms with E-state index in [2.05, 4.69) is 20.9 Å². The minimum Gasteiger partial charge on any atom is -0.487 e. The number of rotatable bonds is 4. The Labute approximate surface area is 119 Å². The molecule has 0 aliphatic carbocycles. The van der Waals surface area contributed by atoms with Gasteiger partial charge in [-0.15, -0.1) is 0 Å². The summed E-state index contributed by atoms with van der Waals surface area (Å²) in [5.41, 5.74) is 0.782. The minimum atomic E-state index is -0.709. The van der Waals surface area contributed by atoms with Crippen LogP contribution in [0.1, 0.15) is 11.7 Å². The van der Waals surface area contributed by atoms with E-state index < -0.39 is 6.10 Å². The van der Waals surface area contributed by atoms with Gasteiger partial charge in [-0.25, -0.2) is 4.98 Å². The molecule has 5 heteroatoms. The smallest absolute Gasteiger partial charge is 0.171 e. The number of hydrogen-bond acceptors (Lipinski definition) is 3. The molecule has 1 heterocycles. The Morgan fingerprint density at radius 3 is 2.89 bits per heavy atom. The lowest BCUT2D eigenvalue weighted by Crippen LogP contribution is -2.10. The Kier molecular flexibility index (Phi) is 4.58. The molecule has 1 N–H and O–H groups in total. The minimum absolute atomic E-state index is 0.127. The fraction of sp³-hybridized carbons (Fsp3) is 0.154. The third kappa shape index (κ3) is 3.45. The van der Waals surface area contributed by atoms with Gasteiger partial charge in [0, 0.05) is 10.7 Å². The molecular formula is C13H11BrClNO2. The van der Waals surface area contributed by atoms with Crippen LogP contribution in [-0.4, -0.2) is 16.7 Å². The van der Waals surface area contributed by atoms with E-state index in [1.54, 1.807) is 18.3 Å². The number of aromatic nitrogens is 1. The Morgan fingerprint density at radius 1 is 1.33 bits per heavy atom. The molecule has 1 aromatic heterocycles. The number of hydrogen-bond donors (Lipinski definition) is 1. The highest BCUT2D eigenvalue weighted by Gasteiger charge is 2.10. The molecule has 0 bridgehead atoms. The zero-order valence-corrected chi connectivity index (χ0v) is 11.7. The Morgan fingerprint density at radius 2 is 2.17 bits per heavy atom. The number of halogens is 2. The van der Waals surface area contributed by atoms with Crippen molar-refractivity contribution >= 4 is 27.5 Å². The van der Waals surface area contributed by atoms with Gasteiger partial charge in [0.15, 0.2) is 10.9 Å². The Bertz CT molecular complexity index is 536. The van der Waals surface area contributed by atoms with Gasteiger partial charge in [-0.05, 0) is 29.8 Å². The lowest BCUT2D eigenvalue weighted by atomic mass is 10.1. The molecule has 2 aromatic rings. The molecule has 0 fully saturated rings. The molecule has 94 valence electrons. The molecule has 0 aliphatic heterocycles. The summed E-state index contributed by atoms with van der Waals surface area (Å²) < 4.78 is 6.35. The van der Waals surface area contributed by atoms with Crippen molar-refractivity contribution in [2.75, 3.05) is 6.61 Å². The number of pyridine rings is 1. The van der Waals surface area contributed by atoms with Gasteiger partial charge in [-0.2, -0.15) is 0 Å². The zero-order chi connectivity index (χ0) is 13.0. The molecule has 3 nitrogen and oxygen atoms in total. The van der Waals surface area contributed by atoms with Crippen LogP contribution in [0.2, 0.25) is 5.15 Å². The number of aliphatic hydroxyl groups excluding tert-OH is 1. The highest BCUT2D eigenvalue weighted by atomic mass is 79.9. The van der Waals surface area contributed by atoms with Crippen molar-refractivity contribution in [3.8, 4) is 5.75 Å². The number of benzene rings is 1. The number of ether oxygens (including phenoxy) is 1. The van der Waals surface area contributed by atoms with Crippen molar-refractivity contribution in [1.82, 2.24) is 4.98 Å². The molecule has 0 spiro atoms. The Hall–Kier alpha value is -1.10. The van der Waals surface area contributed by atoms with Gasteiger partial charge in [-0.1, -0.05) is 39.7 Å². The number of aliphatic hydroxyl groups is 1. The van der Waals surface area contributed by atoms with E-state index in [9.17, 15) is 5.11 Å². The van der Waals surface area contributed by atoms with E-state index >= 15 is 0 Å². The fourth-order valence-corrected chi connectivity index (χ4v) is 2.05. The molecule has 1 atom stereocenters. The van der Waals surface area contributed by atoms with Crippen LogP contribution < -0.4 is 4.74 Å². The first-order valence-corrected chi connectivity index (χ1v) is 6.51. The summed E-state index contributed by atoms with van der Waals surface area (Å²) in [5, 5.41) is 10.3. The number of nitrogens with zero attached hydrogens (tertiary/aromatic N) is 1. The molecule has 1 aromatic carbocycles. The van der Waals surface area contributed by atoms with Gasteiger partial charge < -0.3 is 9.84 Å². The van der Waals surface area contributed by atoms with Crippen LogP contribution in [0.5, 0.6) is 5.75 Å². The van der Waals surface area contributed by atoms with Crippen molar-refractivity contribution in [2.24, 2.45) is 0 Å². The molecule has 0 saturated carbocycles. The predicted molar refractivity (Wildman–Crippen MR) is 73.8 cm³/mol. The predicted octanol–water partition coefficient (Wildman–Crippen LogP) is 3.61. The van der Waals surface area contributed by atoms with Crippen LogP contribution in [0.25, 0.3) is 0 Å². The highest BCUT2D eigenvalue weighted by molar-refractivity contribution is 9.10. The van der Waals surface area contributed by atoms with Crippen LogP contribution in [0, 0.1) is 0 Å². The summed E-state index contributed by atoms with van der Waals surface area (Å²) in [5.74, 6) is 0.466. The van der Waals surface area contributed by atoms with E-state index in [1.807, 2.05) is 24.3 Å². The maximum absolute atomic E-state index is 9.99. The molecule has 0 saturated heterocycles. The van der Waals surface area contributed by atoms with E-state index in [0.717, 1.165) is 10.0 Å². The normalized spacial score (nSPS) is 12.2. The van der Waals surface area contributed by atoms with Gasteiger partial charge in [0.05, 0.1) is 0 Å². The first-order chi connectivity index (χ1) is 8.66. The molecule has 0 amide bonds. The van der Waals surface area contributed by atoms with Crippen LogP contribution in [0.15, 0.2) is 47.1 Å². The summed E-state index contributed by atoms with van der Waals surface area (Å²) in [7, 11) is 0. The monoisotopic (exact) mass is 327 g/mol. The molecule has 0 aliphatic rings. The zero-order valence-electron chi connectivity index (χ0n) is 9.38. The van der Waals surface area contributed by atoms with E-state index in [0.29, 0.717) is 10.9 Å². The van der Waals surface area contributed by atoms with E-state index in [-0.39, 0.29) is 6.61 Å². The summed E-state index contributed by atoms with van der Waals surface area (Å²) in [4.78, 5) is 3.90. The van der Waals surface area contributed by atoms with Crippen molar-refractivity contribution in [3.05, 3.63) is 57.8 Å². The van der Waals surface area contributed by atoms with Gasteiger partial charge in [0.25, 0.3) is 0 Å². The summed E-state index contributed by atoms with van der Waals surface area (Å²) >= 11 is 9.21. The lowest BCUT2D eigenvalue weighted by Gasteiger charge is -2.13. The van der Waals surface area contributed by atoms with Gasteiger partial charge in [-0.3, -0.25) is 0 Å². The van der Waals surface area contributed by atoms with Crippen molar-refractivity contribution < 1.29 is 9.84 Å². The summed E-state index contributed by atoms with van der Waals surface area (Å²) in [6, 6.07) is 10.9. The quantitative estimate of drug-likeness (QED) is 0.872. The molecule has 0 radical (unpaired) electrons. The maximum Gasteiger partial charge on any atom is 0.171 e. The third-order valence-electron chi connectivity index (χ3n) is 2.36. The summed E-state index contributed by atoms with van der Waals surface area (Å²) in [6.45, 7) is 0.127. The lowest BCUT2D eigenvalue weighted by molar-refractivity contribution is 0.108. The summed E-state index contributed by atoms with van der Waals surface area (Å²) in [6.07, 6.45) is 0.874. The van der Waals surface area contributed by atoms with Gasteiger partial charge >= 0.3 is 0 Å². The van der Waals surface area contributed by atoms with Gasteiger partial charge in [0.1, 0.15) is 12.7 Å². The fourth-order valence-electron chi connectivity index (χ4n) is 1.46. The van der Waals surface area contributed by atoms with Crippen molar-refractivity contribution in [3.63, 3.8) is 0 Å². The first kappa shape index (κ1) is 13.3. The second kappa shape index (κ2) is 6.18. The molecule has 18 heavy (non-hydrogen) atoms. The standard InChI is InChI=1S/C13H11BrClNO2/c14-10-4-1-3-9(7-10)11(17)8-18-12-5-2-6-16-13(12)15/h1-7,11,17H,8H2/t11-/m0/s1. The van der Waals surface area contributed by atoms with Crippen molar-refractivity contribution in [2.45, 2.75) is 6.10 Å². The van der Waals surface area contributed by atoms with E-state index in [4.69, 9.17) is 16.3 Å². The maximum atomic E-state index is 9.99. The van der Waals surface area contributed by atoms with Gasteiger partial charge in [0.2, 0.25) is 0 Å². The largest absolute Gasteiger partial charge is 0.487 e. The topological polar surface area (TPSA) is 42.4 Å². The second-order valence-corrected chi connectivity index (χ2v) is 4.95. The van der Waals surface area contributed by atoms with Crippen LogP contribution >= 0.6 is 27.5 Å². The second-order valence-electron chi connectivity index (χ2n) is 3.67. The molecule has 2 rings (SSSR count). The molecule has 0 unspecified atom stereocenters. The first-order valence-electron chi connectivity index (χ1n) is 5.33. The highest BCUT2D eigenvalue weighted by Crippen LogP contribution is 2.23. The Balaban J connectivity index is 2.00.